The van der Waals surface area contributed by atoms with Gasteiger partial charge in [0.2, 0.25) is 0 Å². The average Bonchev–Trinajstić information content (AvgIpc) is 2.63. The fourth-order valence-electron chi connectivity index (χ4n) is 1.24. The molecule has 0 aliphatic heterocycles. The molecule has 0 spiro atoms. The van der Waals surface area contributed by atoms with Crippen LogP contribution in [0, 0.1) is 3.57 Å². The Bertz CT molecular complexity index is 549. The number of hydrogen-bond acceptors (Lipinski definition) is 3. The molecule has 0 atom stereocenters. The molecule has 90 valence electrons. The van der Waals surface area contributed by atoms with Crippen molar-refractivity contribution < 1.29 is 13.2 Å². The molecule has 8 heteroatoms. The maximum absolute atomic E-state index is 12.5. The monoisotopic (exact) mass is 354 g/mol. The molecule has 2 rings (SSSR count). The summed E-state index contributed by atoms with van der Waals surface area (Å²) in [6.07, 6.45) is -0.421. The van der Waals surface area contributed by atoms with Crippen molar-refractivity contribution >= 4 is 28.3 Å². The Hall–Kier alpha value is -1.32. The summed E-state index contributed by atoms with van der Waals surface area (Å²) >= 11 is 2.00. The third kappa shape index (κ3) is 2.51. The minimum Gasteiger partial charge on any atom is -0.396 e. The summed E-state index contributed by atoms with van der Waals surface area (Å²) in [4.78, 5) is 3.25. The predicted octanol–water partition coefficient (Wildman–Crippen LogP) is 2.47. The van der Waals surface area contributed by atoms with Crippen LogP contribution in [0.25, 0.3) is 5.69 Å². The summed E-state index contributed by atoms with van der Waals surface area (Å²) in [7, 11) is 0. The van der Waals surface area contributed by atoms with Gasteiger partial charge < -0.3 is 5.73 Å². The van der Waals surface area contributed by atoms with E-state index in [9.17, 15) is 13.2 Å². The molecule has 0 saturated heterocycles. The Morgan fingerprint density at radius 1 is 1.29 bits per heavy atom. The molecule has 2 aromatic heterocycles. The van der Waals surface area contributed by atoms with E-state index in [4.69, 9.17) is 5.73 Å². The molecule has 0 fully saturated rings. The highest BCUT2D eigenvalue weighted by Gasteiger charge is 2.33. The summed E-state index contributed by atoms with van der Waals surface area (Å²) in [5.74, 6) is 0. The first-order valence-electron chi connectivity index (χ1n) is 4.41. The van der Waals surface area contributed by atoms with Gasteiger partial charge >= 0.3 is 6.18 Å². The van der Waals surface area contributed by atoms with Gasteiger partial charge in [0, 0.05) is 6.20 Å². The third-order valence-corrected chi connectivity index (χ3v) is 2.56. The van der Waals surface area contributed by atoms with Gasteiger partial charge in [-0.1, -0.05) is 0 Å². The molecule has 0 aromatic carbocycles. The van der Waals surface area contributed by atoms with Crippen LogP contribution in [-0.4, -0.2) is 14.8 Å². The average molecular weight is 354 g/mol. The van der Waals surface area contributed by atoms with Gasteiger partial charge in [0.25, 0.3) is 0 Å². The van der Waals surface area contributed by atoms with Crippen LogP contribution in [-0.2, 0) is 6.18 Å². The Balaban J connectivity index is 2.54. The van der Waals surface area contributed by atoms with Crippen molar-refractivity contribution in [2.75, 3.05) is 5.73 Å². The van der Waals surface area contributed by atoms with E-state index < -0.39 is 11.9 Å². The van der Waals surface area contributed by atoms with Crippen LogP contribution < -0.4 is 5.73 Å². The van der Waals surface area contributed by atoms with E-state index in [1.165, 1.54) is 10.9 Å². The molecule has 0 aliphatic rings. The number of nitrogens with zero attached hydrogens (tertiary/aromatic N) is 3. The van der Waals surface area contributed by atoms with Gasteiger partial charge in [-0.05, 0) is 28.7 Å². The van der Waals surface area contributed by atoms with Crippen molar-refractivity contribution in [3.8, 4) is 5.69 Å². The van der Waals surface area contributed by atoms with Crippen molar-refractivity contribution in [1.82, 2.24) is 14.8 Å². The number of hydrogen-bond donors (Lipinski definition) is 1. The first-order valence-corrected chi connectivity index (χ1v) is 5.49. The molecule has 2 aromatic rings. The molecule has 17 heavy (non-hydrogen) atoms. The molecule has 0 radical (unpaired) electrons. The lowest BCUT2D eigenvalue weighted by Crippen LogP contribution is -2.11. The molecule has 0 amide bonds. The zero-order valence-corrected chi connectivity index (χ0v) is 10.4. The van der Waals surface area contributed by atoms with Crippen LogP contribution in [0.1, 0.15) is 5.69 Å². The number of rotatable bonds is 1. The van der Waals surface area contributed by atoms with Crippen molar-refractivity contribution in [2.24, 2.45) is 0 Å². The number of nitrogens with two attached hydrogens (primary N) is 1. The molecule has 2 heterocycles. The Labute approximate surface area is 108 Å². The van der Waals surface area contributed by atoms with Crippen LogP contribution in [0.2, 0.25) is 0 Å². The van der Waals surface area contributed by atoms with Gasteiger partial charge in [-0.15, -0.1) is 0 Å². The highest BCUT2D eigenvalue weighted by atomic mass is 127. The summed E-state index contributed by atoms with van der Waals surface area (Å²) in [5, 5.41) is 3.90. The molecule has 0 unspecified atom stereocenters. The number of nitrogen functional groups attached to an aromatic ring is 1. The van der Waals surface area contributed by atoms with Crippen LogP contribution in [0.3, 0.4) is 0 Å². The van der Waals surface area contributed by atoms with E-state index in [1.54, 1.807) is 6.20 Å². The lowest BCUT2D eigenvalue weighted by atomic mass is 10.3. The first kappa shape index (κ1) is 12.1. The normalized spacial score (nSPS) is 11.8. The fourth-order valence-corrected chi connectivity index (χ4v) is 1.63. The van der Waals surface area contributed by atoms with E-state index in [-0.39, 0.29) is 11.4 Å². The maximum Gasteiger partial charge on any atom is 0.433 e. The first-order chi connectivity index (χ1) is 7.88. The Kier molecular flexibility index (Phi) is 2.98. The minimum absolute atomic E-state index is 0.137. The minimum atomic E-state index is -4.50. The molecule has 0 aliphatic carbocycles. The van der Waals surface area contributed by atoms with Gasteiger partial charge in [-0.25, -0.2) is 9.67 Å². The molecule has 0 bridgehead atoms. The molecular formula is C9H6F3IN4. The predicted molar refractivity (Wildman–Crippen MR) is 63.5 cm³/mol. The van der Waals surface area contributed by atoms with Gasteiger partial charge in [0.1, 0.15) is 5.69 Å². The summed E-state index contributed by atoms with van der Waals surface area (Å²) in [6.45, 7) is 0. The van der Waals surface area contributed by atoms with Crippen LogP contribution in [0.15, 0.2) is 24.7 Å². The second-order valence-electron chi connectivity index (χ2n) is 3.23. The topological polar surface area (TPSA) is 56.7 Å². The molecule has 4 nitrogen and oxygen atoms in total. The molecular weight excluding hydrogens is 348 g/mol. The van der Waals surface area contributed by atoms with E-state index in [1.807, 2.05) is 22.6 Å². The van der Waals surface area contributed by atoms with Crippen molar-refractivity contribution in [3.05, 3.63) is 33.9 Å². The summed E-state index contributed by atoms with van der Waals surface area (Å²) in [5.41, 5.74) is 4.89. The standard InChI is InChI=1S/C9H6F3IN4/c10-9(11,12)8-1-7(6(14)3-15-8)17-4-5(13)2-16-17/h1-4H,14H2. The smallest absolute Gasteiger partial charge is 0.396 e. The SMILES string of the molecule is Nc1cnc(C(F)(F)F)cc1-n1cc(I)cn1. The summed E-state index contributed by atoms with van der Waals surface area (Å²) in [6, 6.07) is 0.873. The second-order valence-corrected chi connectivity index (χ2v) is 4.47. The largest absolute Gasteiger partial charge is 0.433 e. The zero-order chi connectivity index (χ0) is 12.6. The van der Waals surface area contributed by atoms with Crippen LogP contribution >= 0.6 is 22.6 Å². The van der Waals surface area contributed by atoms with E-state index in [0.29, 0.717) is 0 Å². The molecule has 0 saturated carbocycles. The summed E-state index contributed by atoms with van der Waals surface area (Å²) < 4.78 is 39.5. The number of pyridine rings is 1. The lowest BCUT2D eigenvalue weighted by molar-refractivity contribution is -0.141. The second kappa shape index (κ2) is 4.17. The van der Waals surface area contributed by atoms with Crippen molar-refractivity contribution in [1.29, 1.82) is 0 Å². The Morgan fingerprint density at radius 3 is 2.53 bits per heavy atom. The van der Waals surface area contributed by atoms with Gasteiger partial charge in [0.15, 0.2) is 0 Å². The lowest BCUT2D eigenvalue weighted by Gasteiger charge is -2.09. The molecule has 2 N–H and O–H groups in total. The third-order valence-electron chi connectivity index (χ3n) is 2.00. The quantitative estimate of drug-likeness (QED) is 0.801. The number of aromatic nitrogens is 3. The van der Waals surface area contributed by atoms with Gasteiger partial charge in [-0.3, -0.25) is 0 Å². The number of alkyl halides is 3. The Morgan fingerprint density at radius 2 is 2.00 bits per heavy atom. The highest BCUT2D eigenvalue weighted by Crippen LogP contribution is 2.30. The maximum atomic E-state index is 12.5. The van der Waals surface area contributed by atoms with Crippen molar-refractivity contribution in [3.63, 3.8) is 0 Å². The van der Waals surface area contributed by atoms with E-state index in [0.717, 1.165) is 15.8 Å². The van der Waals surface area contributed by atoms with E-state index in [2.05, 4.69) is 10.1 Å². The van der Waals surface area contributed by atoms with Gasteiger partial charge in [-0.2, -0.15) is 18.3 Å². The number of halogens is 4. The van der Waals surface area contributed by atoms with Gasteiger partial charge in [0.05, 0.1) is 27.3 Å². The zero-order valence-electron chi connectivity index (χ0n) is 8.24. The number of anilines is 1. The van der Waals surface area contributed by atoms with Crippen molar-refractivity contribution in [2.45, 2.75) is 6.18 Å². The fraction of sp³-hybridized carbons (Fsp3) is 0.111. The van der Waals surface area contributed by atoms with Crippen LogP contribution in [0.5, 0.6) is 0 Å². The highest BCUT2D eigenvalue weighted by molar-refractivity contribution is 14.1. The van der Waals surface area contributed by atoms with E-state index >= 15 is 0 Å². The van der Waals surface area contributed by atoms with Crippen LogP contribution in [0.4, 0.5) is 18.9 Å².